The Morgan fingerprint density at radius 3 is 2.67 bits per heavy atom. The summed E-state index contributed by atoms with van der Waals surface area (Å²) in [7, 11) is 0. The number of carbonyl (C=O) groups excluding carboxylic acids is 1. The Labute approximate surface area is 129 Å². The maximum atomic E-state index is 11.7. The van der Waals surface area contributed by atoms with Crippen LogP contribution in [0.3, 0.4) is 0 Å². The van der Waals surface area contributed by atoms with Gasteiger partial charge in [-0.2, -0.15) is 0 Å². The van der Waals surface area contributed by atoms with Crippen molar-refractivity contribution in [2.24, 2.45) is 0 Å². The molecule has 0 bridgehead atoms. The van der Waals surface area contributed by atoms with E-state index < -0.39 is 0 Å². The zero-order chi connectivity index (χ0) is 15.2. The van der Waals surface area contributed by atoms with Gasteiger partial charge in [-0.05, 0) is 26.3 Å². The van der Waals surface area contributed by atoms with Gasteiger partial charge in [0.05, 0.1) is 12.3 Å². The van der Waals surface area contributed by atoms with E-state index in [1.54, 1.807) is 0 Å². The van der Waals surface area contributed by atoms with Gasteiger partial charge in [-0.1, -0.05) is 42.1 Å². The predicted octanol–water partition coefficient (Wildman–Crippen LogP) is 2.25. The topological polar surface area (TPSA) is 59.8 Å². The second-order valence-electron chi connectivity index (χ2n) is 5.11. The van der Waals surface area contributed by atoms with Crippen LogP contribution in [0.1, 0.15) is 25.2 Å². The SMILES string of the molecule is Cc1nnc(SCC(=O)NC(C)C)n1Cc1ccccc1. The van der Waals surface area contributed by atoms with Gasteiger partial charge in [0.15, 0.2) is 5.16 Å². The number of aryl methyl sites for hydroxylation is 1. The van der Waals surface area contributed by atoms with E-state index in [0.717, 1.165) is 11.0 Å². The fourth-order valence-electron chi connectivity index (χ4n) is 1.91. The second kappa shape index (κ2) is 7.26. The number of nitrogens with one attached hydrogen (secondary N) is 1. The van der Waals surface area contributed by atoms with Gasteiger partial charge < -0.3 is 9.88 Å². The molecule has 0 radical (unpaired) electrons. The third-order valence-electron chi connectivity index (χ3n) is 2.87. The molecule has 0 unspecified atom stereocenters. The lowest BCUT2D eigenvalue weighted by Crippen LogP contribution is -2.31. The Bertz CT molecular complexity index is 595. The molecule has 0 aliphatic rings. The standard InChI is InChI=1S/C15H20N4OS/c1-11(2)16-14(20)10-21-15-18-17-12(3)19(15)9-13-7-5-4-6-8-13/h4-8,11H,9-10H2,1-3H3,(H,16,20). The van der Waals surface area contributed by atoms with Gasteiger partial charge in [-0.15, -0.1) is 10.2 Å². The highest BCUT2D eigenvalue weighted by Gasteiger charge is 2.12. The van der Waals surface area contributed by atoms with Gasteiger partial charge in [-0.3, -0.25) is 4.79 Å². The molecular formula is C15H20N4OS. The minimum absolute atomic E-state index is 0.0157. The summed E-state index contributed by atoms with van der Waals surface area (Å²) in [5, 5.41) is 11.9. The van der Waals surface area contributed by atoms with E-state index in [2.05, 4.69) is 27.6 Å². The fraction of sp³-hybridized carbons (Fsp3) is 0.400. The van der Waals surface area contributed by atoms with Crippen molar-refractivity contribution in [3.63, 3.8) is 0 Å². The van der Waals surface area contributed by atoms with Crippen molar-refractivity contribution in [3.05, 3.63) is 41.7 Å². The van der Waals surface area contributed by atoms with Crippen LogP contribution in [0.15, 0.2) is 35.5 Å². The number of aromatic nitrogens is 3. The maximum Gasteiger partial charge on any atom is 0.230 e. The average molecular weight is 304 g/mol. The maximum absolute atomic E-state index is 11.7. The monoisotopic (exact) mass is 304 g/mol. The first kappa shape index (κ1) is 15.6. The molecule has 21 heavy (non-hydrogen) atoms. The van der Waals surface area contributed by atoms with E-state index in [9.17, 15) is 4.79 Å². The Morgan fingerprint density at radius 2 is 2.00 bits per heavy atom. The lowest BCUT2D eigenvalue weighted by Gasteiger charge is -2.10. The molecule has 0 atom stereocenters. The van der Waals surface area contributed by atoms with Crippen LogP contribution >= 0.6 is 11.8 Å². The lowest BCUT2D eigenvalue weighted by atomic mass is 10.2. The van der Waals surface area contributed by atoms with E-state index in [4.69, 9.17) is 0 Å². The summed E-state index contributed by atoms with van der Waals surface area (Å²) in [4.78, 5) is 11.7. The van der Waals surface area contributed by atoms with Crippen LogP contribution in [-0.4, -0.2) is 32.5 Å². The molecule has 1 heterocycles. The molecule has 2 aromatic rings. The van der Waals surface area contributed by atoms with Crippen molar-refractivity contribution >= 4 is 17.7 Å². The zero-order valence-corrected chi connectivity index (χ0v) is 13.4. The smallest absolute Gasteiger partial charge is 0.230 e. The molecule has 6 heteroatoms. The van der Waals surface area contributed by atoms with Crippen molar-refractivity contribution in [3.8, 4) is 0 Å². The van der Waals surface area contributed by atoms with Crippen LogP contribution in [0.25, 0.3) is 0 Å². The highest BCUT2D eigenvalue weighted by atomic mass is 32.2. The summed E-state index contributed by atoms with van der Waals surface area (Å²) in [5.41, 5.74) is 1.19. The zero-order valence-electron chi connectivity index (χ0n) is 12.5. The van der Waals surface area contributed by atoms with Gasteiger partial charge >= 0.3 is 0 Å². The number of carbonyl (C=O) groups is 1. The quantitative estimate of drug-likeness (QED) is 0.832. The van der Waals surface area contributed by atoms with E-state index in [1.165, 1.54) is 17.3 Å². The third-order valence-corrected chi connectivity index (χ3v) is 3.83. The normalized spacial score (nSPS) is 10.9. The molecule has 0 saturated heterocycles. The number of rotatable bonds is 6. The Balaban J connectivity index is 2.03. The molecule has 112 valence electrons. The summed E-state index contributed by atoms with van der Waals surface area (Å²) in [6.07, 6.45) is 0. The van der Waals surface area contributed by atoms with Crippen molar-refractivity contribution in [1.82, 2.24) is 20.1 Å². The second-order valence-corrected chi connectivity index (χ2v) is 6.05. The van der Waals surface area contributed by atoms with E-state index in [0.29, 0.717) is 12.3 Å². The van der Waals surface area contributed by atoms with Gasteiger partial charge in [0.2, 0.25) is 5.91 Å². The Morgan fingerprint density at radius 1 is 1.29 bits per heavy atom. The van der Waals surface area contributed by atoms with Gasteiger partial charge in [0, 0.05) is 6.04 Å². The first-order valence-electron chi connectivity index (χ1n) is 6.92. The number of hydrogen-bond donors (Lipinski definition) is 1. The minimum atomic E-state index is 0.0157. The molecular weight excluding hydrogens is 284 g/mol. The van der Waals surface area contributed by atoms with Crippen LogP contribution in [0.2, 0.25) is 0 Å². The molecule has 0 aliphatic heterocycles. The van der Waals surface area contributed by atoms with Crippen LogP contribution in [0, 0.1) is 6.92 Å². The largest absolute Gasteiger partial charge is 0.353 e. The van der Waals surface area contributed by atoms with E-state index in [1.807, 2.05) is 43.5 Å². The Kier molecular flexibility index (Phi) is 5.38. The molecule has 1 aromatic heterocycles. The van der Waals surface area contributed by atoms with Crippen molar-refractivity contribution in [2.45, 2.75) is 38.5 Å². The van der Waals surface area contributed by atoms with Crippen LogP contribution in [-0.2, 0) is 11.3 Å². The Hall–Kier alpha value is -1.82. The molecule has 5 nitrogen and oxygen atoms in total. The minimum Gasteiger partial charge on any atom is -0.353 e. The number of benzene rings is 1. The van der Waals surface area contributed by atoms with Crippen LogP contribution in [0.5, 0.6) is 0 Å². The van der Waals surface area contributed by atoms with Crippen molar-refractivity contribution < 1.29 is 4.79 Å². The molecule has 0 spiro atoms. The number of amides is 1. The first-order chi connectivity index (χ1) is 10.1. The number of thioether (sulfide) groups is 1. The predicted molar refractivity (Wildman–Crippen MR) is 84.3 cm³/mol. The summed E-state index contributed by atoms with van der Waals surface area (Å²) in [5.74, 6) is 1.22. The number of hydrogen-bond acceptors (Lipinski definition) is 4. The highest BCUT2D eigenvalue weighted by Crippen LogP contribution is 2.18. The fourth-order valence-corrected chi connectivity index (χ4v) is 2.70. The molecule has 0 aliphatic carbocycles. The summed E-state index contributed by atoms with van der Waals surface area (Å²) in [6.45, 7) is 6.54. The molecule has 0 saturated carbocycles. The van der Waals surface area contributed by atoms with Crippen molar-refractivity contribution in [1.29, 1.82) is 0 Å². The van der Waals surface area contributed by atoms with E-state index in [-0.39, 0.29) is 11.9 Å². The first-order valence-corrected chi connectivity index (χ1v) is 7.90. The molecule has 1 amide bonds. The molecule has 1 aromatic carbocycles. The molecule has 1 N–H and O–H groups in total. The average Bonchev–Trinajstić information content (AvgIpc) is 2.78. The van der Waals surface area contributed by atoms with E-state index >= 15 is 0 Å². The van der Waals surface area contributed by atoms with Gasteiger partial charge in [-0.25, -0.2) is 0 Å². The van der Waals surface area contributed by atoms with Crippen molar-refractivity contribution in [2.75, 3.05) is 5.75 Å². The molecule has 0 fully saturated rings. The summed E-state index contributed by atoms with van der Waals surface area (Å²) in [6, 6.07) is 10.3. The van der Waals surface area contributed by atoms with Crippen LogP contribution in [0.4, 0.5) is 0 Å². The summed E-state index contributed by atoms with van der Waals surface area (Å²) < 4.78 is 2.03. The number of nitrogens with zero attached hydrogens (tertiary/aromatic N) is 3. The van der Waals surface area contributed by atoms with Gasteiger partial charge in [0.25, 0.3) is 0 Å². The highest BCUT2D eigenvalue weighted by molar-refractivity contribution is 7.99. The lowest BCUT2D eigenvalue weighted by molar-refractivity contribution is -0.119. The summed E-state index contributed by atoms with van der Waals surface area (Å²) >= 11 is 1.41. The van der Waals surface area contributed by atoms with Crippen LogP contribution < -0.4 is 5.32 Å². The molecule has 2 rings (SSSR count). The van der Waals surface area contributed by atoms with Gasteiger partial charge in [0.1, 0.15) is 5.82 Å². The third kappa shape index (κ3) is 4.60.